The van der Waals surface area contributed by atoms with Crippen molar-refractivity contribution in [1.29, 1.82) is 0 Å². The Hall–Kier alpha value is 5.94. The molecule has 6 fully saturated rings. The summed E-state index contributed by atoms with van der Waals surface area (Å²) >= 11 is -8.78. The Morgan fingerprint density at radius 1 is 0.336 bits per heavy atom. The molecule has 636 valence electrons. The van der Waals surface area contributed by atoms with Crippen molar-refractivity contribution >= 4 is 173 Å². The summed E-state index contributed by atoms with van der Waals surface area (Å²) in [6.45, 7) is 42.6. The van der Waals surface area contributed by atoms with Gasteiger partial charge >= 0.3 is 242 Å². The molecule has 0 nitrogen and oxygen atoms in total. The van der Waals surface area contributed by atoms with Crippen LogP contribution in [0.2, 0.25) is 75.5 Å². The molecule has 0 bridgehead atoms. The number of rotatable bonds is 9. The number of allylic oxidation sites excluding steroid dienone is 26. The van der Waals surface area contributed by atoms with E-state index in [-0.39, 0.29) is 59.4 Å². The first-order chi connectivity index (χ1) is 47.7. The van der Waals surface area contributed by atoms with Crippen LogP contribution in [-0.4, -0.2) is 24.2 Å². The summed E-state index contributed by atoms with van der Waals surface area (Å²) in [5.74, 6) is 12.8. The van der Waals surface area contributed by atoms with Crippen molar-refractivity contribution in [3.63, 3.8) is 0 Å². The van der Waals surface area contributed by atoms with E-state index in [2.05, 4.69) is 265 Å². The molecule has 12 rings (SSSR count). The van der Waals surface area contributed by atoms with Crippen LogP contribution in [-0.2, 0) is 92.8 Å². The van der Waals surface area contributed by atoms with Crippen LogP contribution >= 0.6 is 149 Å². The number of hydrogen-bond donors (Lipinski definition) is 0. The van der Waals surface area contributed by atoms with Gasteiger partial charge in [0.05, 0.1) is 0 Å². The predicted octanol–water partition coefficient (Wildman–Crippen LogP) is 38.0. The molecule has 0 spiro atoms. The number of hydrogen-bond acceptors (Lipinski definition) is 0. The van der Waals surface area contributed by atoms with E-state index in [0.29, 0.717) is 10.8 Å². The van der Waals surface area contributed by atoms with E-state index < -0.39 is 117 Å². The summed E-state index contributed by atoms with van der Waals surface area (Å²) in [6, 6.07) is 0. The van der Waals surface area contributed by atoms with Crippen molar-refractivity contribution in [2.45, 2.75) is 206 Å². The topological polar surface area (TPSA) is 0 Å². The Bertz CT molecular complexity index is 2550. The van der Waals surface area contributed by atoms with E-state index in [0.717, 1.165) is 112 Å². The molecule has 0 aromatic rings. The third-order valence-corrected chi connectivity index (χ3v) is 31.0. The van der Waals surface area contributed by atoms with E-state index in [1.807, 2.05) is 0 Å². The molecule has 0 N–H and O–H groups in total. The second-order valence-electron chi connectivity index (χ2n) is 33.1. The summed E-state index contributed by atoms with van der Waals surface area (Å²) in [4.78, 5) is 0. The SMILES string of the molecule is C1=CC2CCCC2C=C1.C=CCC1CCC2C=CC=CC21.C=CCCC(C)(C)C1CCC2C=CC=CC21.CC(C)(C)C1CCC2C=CC=CC21.C[Si](C)(C)C1CC([Si](C)(C)C)C2C=CC=CC21.C[Si](C)(C)C1CCC2C=CC=CC21.[CH3-].[CH3-].[CH3-].[CH3-].[CH3-].[CH3-].[CH3-].[CH3-].[Cl][Ti+]([Cl])[Cl].[Cl][Ti+]([Cl])[Cl].[Cl][Ti+]([Cl])[Cl].[Cl][Ti+]([Cl])[Cl].[Cl][Ti][Cl].[Cl][Ti][Cl]. The van der Waals surface area contributed by atoms with Gasteiger partial charge in [-0.1, -0.05) is 271 Å². The minimum atomic E-state index is -1.92. The van der Waals surface area contributed by atoms with E-state index >= 15 is 0 Å². The van der Waals surface area contributed by atoms with Crippen molar-refractivity contribution in [2.24, 2.45) is 99.6 Å². The van der Waals surface area contributed by atoms with Gasteiger partial charge in [0.25, 0.3) is 0 Å². The first-order valence-electron chi connectivity index (χ1n) is 36.3. The van der Waals surface area contributed by atoms with Gasteiger partial charge in [-0.25, -0.2) is 0 Å². The Morgan fingerprint density at radius 2 is 0.600 bits per heavy atom. The summed E-state index contributed by atoms with van der Waals surface area (Å²) in [5, 5.41) is 0. The monoisotopic (exact) mass is 2100 g/mol. The fraction of sp³-hybridized carbons (Fsp3) is 0.576. The minimum absolute atomic E-state index is 0. The van der Waals surface area contributed by atoms with Crippen LogP contribution in [0.5, 0.6) is 0 Å². The predicted molar refractivity (Wildman–Crippen MR) is 511 cm³/mol. The summed E-state index contributed by atoms with van der Waals surface area (Å²) in [6.07, 6.45) is 80.6. The second kappa shape index (κ2) is 71.0. The maximum atomic E-state index is 4.97. The fourth-order valence-electron chi connectivity index (χ4n) is 17.8. The Labute approximate surface area is 790 Å². The third-order valence-electron chi connectivity index (χ3n) is 22.5. The number of fused-ring (bicyclic) bond motifs is 6. The molecule has 12 aliphatic carbocycles. The van der Waals surface area contributed by atoms with Crippen molar-refractivity contribution in [1.82, 2.24) is 0 Å². The van der Waals surface area contributed by atoms with Gasteiger partial charge in [0.1, 0.15) is 0 Å². The van der Waals surface area contributed by atoms with Crippen molar-refractivity contribution in [2.75, 3.05) is 0 Å². The van der Waals surface area contributed by atoms with Gasteiger partial charge in [-0.15, -0.1) is 13.2 Å². The van der Waals surface area contributed by atoms with Crippen LogP contribution in [0.4, 0.5) is 0 Å². The van der Waals surface area contributed by atoms with Crippen molar-refractivity contribution < 1.29 is 92.8 Å². The van der Waals surface area contributed by atoms with Gasteiger partial charge in [-0.3, -0.25) is 0 Å². The van der Waals surface area contributed by atoms with Crippen LogP contribution in [0.25, 0.3) is 0 Å². The summed E-state index contributed by atoms with van der Waals surface area (Å²) < 4.78 is 0. The molecule has 0 heterocycles. The zero-order valence-electron chi connectivity index (χ0n) is 71.0. The average Bonchev–Trinajstić information content (AvgIpc) is 1.62. The third kappa shape index (κ3) is 54.1. The molecule has 0 radical (unpaired) electrons. The molecular weight excluding hydrogens is 1960 g/mol. The van der Waals surface area contributed by atoms with Gasteiger partial charge in [0.2, 0.25) is 0 Å². The second-order valence-corrected chi connectivity index (χ2v) is 85.7. The van der Waals surface area contributed by atoms with Crippen LogP contribution in [0.1, 0.15) is 131 Å². The zero-order valence-corrected chi connectivity index (χ0v) is 95.4. The van der Waals surface area contributed by atoms with Crippen LogP contribution in [0, 0.1) is 159 Å². The number of halogens is 16. The molecule has 110 heavy (non-hydrogen) atoms. The van der Waals surface area contributed by atoms with Crippen LogP contribution in [0.15, 0.2) is 171 Å². The molecule has 0 saturated heterocycles. The molecule has 18 unspecified atom stereocenters. The van der Waals surface area contributed by atoms with Crippen LogP contribution < -0.4 is 0 Å². The first kappa shape index (κ1) is 131. The molecule has 0 aromatic carbocycles. The molecule has 6 saturated carbocycles. The van der Waals surface area contributed by atoms with Crippen molar-refractivity contribution in [3.8, 4) is 0 Å². The maximum absolute atomic E-state index is 4.97. The van der Waals surface area contributed by atoms with E-state index in [1.165, 1.54) is 89.9 Å². The average molecular weight is 2100 g/mol. The summed E-state index contributed by atoms with van der Waals surface area (Å²) in [5.41, 5.74) is 3.98. The fourth-order valence-corrected chi connectivity index (χ4v) is 25.5. The molecule has 0 aliphatic heterocycles. The van der Waals surface area contributed by atoms with E-state index in [9.17, 15) is 0 Å². The standard InChI is InChI=1S/C16H24.C15H28Si2.C13H20.C12H20Si.C12H16.C9H12.8CH3.16ClH.6Ti/c1-4-5-12-16(2,3)15-11-10-13-8-6-7-9-14(13)15;1-16(2,3)14-11-15(17(4,5)6)13-10-8-7-9-12(13)14;2*1-13(2,3)12-9-8-10-6-4-5-7-11(10)12;1-2-5-10-8-9-11-6-3-4-7-12(10)11;1-2-5-9-7-3-6-8(9)4-1;;;;;;;;;;;;;;;;;;;;;;;;;;;;;;/h4,6-9,13-15H,1,5,10-12H2,2-3H3;7-10,12-15H,11H2,1-6H3;2*4-7,10-12H,8-9H2,1-3H3;2-4,6-7,10-12H,1,5,8-9H2;1-2,4-5,8-9H,3,6-7H2;8*1H3;16*1H;;;;;;/q;;;;;;8*-1;;;;;;;;;;;;;;;;;2*+2;4*+4/p-16. The van der Waals surface area contributed by atoms with Gasteiger partial charge in [-0.05, 0) is 193 Å². The van der Waals surface area contributed by atoms with Gasteiger partial charge in [-0.2, -0.15) is 0 Å². The van der Waals surface area contributed by atoms with Crippen LogP contribution in [0.3, 0.4) is 0 Å². The molecular formula is C85H144Cl16Si3Ti6-4. The molecule has 0 aromatic heterocycles. The summed E-state index contributed by atoms with van der Waals surface area (Å²) in [7, 11) is 76.3. The Balaban J connectivity index is -0.000000178. The Morgan fingerprint density at radius 3 is 0.927 bits per heavy atom. The first-order valence-corrected chi connectivity index (χ1v) is 81.4. The molecule has 25 heteroatoms. The molecule has 12 aliphatic rings. The van der Waals surface area contributed by atoms with Gasteiger partial charge in [0.15, 0.2) is 0 Å². The molecule has 18 atom stereocenters. The quantitative estimate of drug-likeness (QED) is 0.123. The zero-order chi connectivity index (χ0) is 77.6. The molecule has 0 amide bonds. The van der Waals surface area contributed by atoms with Crippen molar-refractivity contribution in [3.05, 3.63) is 231 Å². The van der Waals surface area contributed by atoms with Gasteiger partial charge in [0, 0.05) is 24.2 Å². The van der Waals surface area contributed by atoms with E-state index in [4.69, 9.17) is 149 Å². The Kier molecular flexibility index (Phi) is 84.9. The van der Waals surface area contributed by atoms with Gasteiger partial charge < -0.3 is 59.4 Å². The normalized spacial score (nSPS) is 28.1. The van der Waals surface area contributed by atoms with E-state index in [1.54, 1.807) is 0 Å².